The lowest BCUT2D eigenvalue weighted by Gasteiger charge is -2.39. The standard InChI is InChI=1S/C15H24N4/c1-12(16-2)14-6-3-7-17-15(14)19-10-9-18-8-4-5-13(18)11-19/h3,6-7,12-13,16H,4-5,8-11H2,1-2H3. The highest BCUT2D eigenvalue weighted by Gasteiger charge is 2.31. The Morgan fingerprint density at radius 1 is 1.37 bits per heavy atom. The maximum atomic E-state index is 4.65. The summed E-state index contributed by atoms with van der Waals surface area (Å²) in [5.74, 6) is 1.18. The first-order valence-electron chi connectivity index (χ1n) is 7.41. The Bertz CT molecular complexity index is 434. The number of fused-ring (bicyclic) bond motifs is 1. The van der Waals surface area contributed by atoms with Crippen molar-refractivity contribution in [1.82, 2.24) is 15.2 Å². The Labute approximate surface area is 115 Å². The molecule has 104 valence electrons. The maximum Gasteiger partial charge on any atom is 0.133 e. The summed E-state index contributed by atoms with van der Waals surface area (Å²) in [5, 5.41) is 3.33. The number of nitrogens with zero attached hydrogens (tertiary/aromatic N) is 3. The van der Waals surface area contributed by atoms with Crippen LogP contribution in [0.4, 0.5) is 5.82 Å². The highest BCUT2D eigenvalue weighted by Crippen LogP contribution is 2.28. The number of piperazine rings is 1. The molecular formula is C15H24N4. The van der Waals surface area contributed by atoms with Gasteiger partial charge in [0.1, 0.15) is 5.82 Å². The molecule has 2 atom stereocenters. The van der Waals surface area contributed by atoms with Crippen LogP contribution in [0.2, 0.25) is 0 Å². The van der Waals surface area contributed by atoms with Crippen molar-refractivity contribution < 1.29 is 0 Å². The van der Waals surface area contributed by atoms with Crippen molar-refractivity contribution in [2.75, 3.05) is 38.1 Å². The third kappa shape index (κ3) is 2.47. The zero-order valence-electron chi connectivity index (χ0n) is 12.0. The number of aromatic nitrogens is 1. The van der Waals surface area contributed by atoms with Crippen LogP contribution in [0.3, 0.4) is 0 Å². The molecule has 1 N–H and O–H groups in total. The van der Waals surface area contributed by atoms with Gasteiger partial charge in [-0.1, -0.05) is 6.07 Å². The fourth-order valence-electron chi connectivity index (χ4n) is 3.35. The second-order valence-corrected chi connectivity index (χ2v) is 5.70. The Morgan fingerprint density at radius 3 is 3.11 bits per heavy atom. The molecule has 0 aliphatic carbocycles. The van der Waals surface area contributed by atoms with Crippen molar-refractivity contribution in [3.8, 4) is 0 Å². The molecule has 1 aromatic rings. The van der Waals surface area contributed by atoms with Gasteiger partial charge in [-0.15, -0.1) is 0 Å². The molecule has 0 radical (unpaired) electrons. The lowest BCUT2D eigenvalue weighted by molar-refractivity contribution is 0.230. The molecule has 1 aromatic heterocycles. The van der Waals surface area contributed by atoms with Gasteiger partial charge in [0, 0.05) is 43.5 Å². The summed E-state index contributed by atoms with van der Waals surface area (Å²) in [5.41, 5.74) is 1.32. The van der Waals surface area contributed by atoms with Crippen LogP contribution in [0.25, 0.3) is 0 Å². The lowest BCUT2D eigenvalue weighted by atomic mass is 10.1. The molecule has 0 spiro atoms. The van der Waals surface area contributed by atoms with Crippen molar-refractivity contribution in [3.05, 3.63) is 23.9 Å². The minimum Gasteiger partial charge on any atom is -0.353 e. The number of anilines is 1. The largest absolute Gasteiger partial charge is 0.353 e. The SMILES string of the molecule is CNC(C)c1cccnc1N1CCN2CCCC2C1. The van der Waals surface area contributed by atoms with E-state index in [1.807, 2.05) is 19.3 Å². The maximum absolute atomic E-state index is 4.65. The number of pyridine rings is 1. The number of nitrogens with one attached hydrogen (secondary N) is 1. The molecule has 0 amide bonds. The molecule has 2 unspecified atom stereocenters. The second-order valence-electron chi connectivity index (χ2n) is 5.70. The first-order chi connectivity index (χ1) is 9.29. The molecule has 3 rings (SSSR count). The molecule has 3 heterocycles. The van der Waals surface area contributed by atoms with Crippen LogP contribution in [0, 0.1) is 0 Å². The summed E-state index contributed by atoms with van der Waals surface area (Å²) in [6, 6.07) is 5.34. The Morgan fingerprint density at radius 2 is 2.26 bits per heavy atom. The monoisotopic (exact) mass is 260 g/mol. The van der Waals surface area contributed by atoms with Gasteiger partial charge in [-0.2, -0.15) is 0 Å². The first kappa shape index (κ1) is 12.9. The predicted molar refractivity (Wildman–Crippen MR) is 78.5 cm³/mol. The van der Waals surface area contributed by atoms with Crippen LogP contribution in [-0.4, -0.2) is 49.2 Å². The molecule has 0 bridgehead atoms. The van der Waals surface area contributed by atoms with E-state index < -0.39 is 0 Å². The van der Waals surface area contributed by atoms with Crippen molar-refractivity contribution in [3.63, 3.8) is 0 Å². The van der Waals surface area contributed by atoms with Crippen LogP contribution in [0.1, 0.15) is 31.4 Å². The highest BCUT2D eigenvalue weighted by molar-refractivity contribution is 5.49. The van der Waals surface area contributed by atoms with E-state index in [-0.39, 0.29) is 0 Å². The molecule has 2 saturated heterocycles. The van der Waals surface area contributed by atoms with Gasteiger partial charge in [0.25, 0.3) is 0 Å². The molecule has 0 aromatic carbocycles. The third-order valence-corrected chi connectivity index (χ3v) is 4.60. The lowest BCUT2D eigenvalue weighted by Crippen LogP contribution is -2.50. The number of rotatable bonds is 3. The number of hydrogen-bond donors (Lipinski definition) is 1. The topological polar surface area (TPSA) is 31.4 Å². The van der Waals surface area contributed by atoms with Gasteiger partial charge in [-0.3, -0.25) is 4.90 Å². The van der Waals surface area contributed by atoms with Gasteiger partial charge in [-0.05, 0) is 39.4 Å². The molecule has 0 saturated carbocycles. The van der Waals surface area contributed by atoms with Crippen LogP contribution < -0.4 is 10.2 Å². The minimum absolute atomic E-state index is 0.352. The minimum atomic E-state index is 0.352. The Hall–Kier alpha value is -1.13. The summed E-state index contributed by atoms with van der Waals surface area (Å²) in [6.45, 7) is 6.93. The predicted octanol–water partition coefficient (Wildman–Crippen LogP) is 1.65. The summed E-state index contributed by atoms with van der Waals surface area (Å²) >= 11 is 0. The van der Waals surface area contributed by atoms with Crippen molar-refractivity contribution in [2.24, 2.45) is 0 Å². The van der Waals surface area contributed by atoms with Gasteiger partial charge in [0.2, 0.25) is 0 Å². The van der Waals surface area contributed by atoms with Gasteiger partial charge >= 0.3 is 0 Å². The van der Waals surface area contributed by atoms with Crippen LogP contribution in [0.5, 0.6) is 0 Å². The summed E-state index contributed by atoms with van der Waals surface area (Å²) in [4.78, 5) is 9.77. The smallest absolute Gasteiger partial charge is 0.133 e. The molecule has 4 heteroatoms. The van der Waals surface area contributed by atoms with E-state index >= 15 is 0 Å². The van der Waals surface area contributed by atoms with Gasteiger partial charge in [-0.25, -0.2) is 4.98 Å². The third-order valence-electron chi connectivity index (χ3n) is 4.60. The van der Waals surface area contributed by atoms with Crippen LogP contribution in [-0.2, 0) is 0 Å². The van der Waals surface area contributed by atoms with E-state index in [9.17, 15) is 0 Å². The van der Waals surface area contributed by atoms with Gasteiger partial charge in [0.15, 0.2) is 0 Å². The molecule has 19 heavy (non-hydrogen) atoms. The van der Waals surface area contributed by atoms with Crippen LogP contribution >= 0.6 is 0 Å². The molecule has 2 aliphatic rings. The number of hydrogen-bond acceptors (Lipinski definition) is 4. The Balaban J connectivity index is 1.82. The average molecular weight is 260 g/mol. The van der Waals surface area contributed by atoms with Gasteiger partial charge < -0.3 is 10.2 Å². The highest BCUT2D eigenvalue weighted by atomic mass is 15.3. The quantitative estimate of drug-likeness (QED) is 0.895. The molecule has 4 nitrogen and oxygen atoms in total. The average Bonchev–Trinajstić information content (AvgIpc) is 2.93. The zero-order valence-corrected chi connectivity index (χ0v) is 12.0. The first-order valence-corrected chi connectivity index (χ1v) is 7.41. The van der Waals surface area contributed by atoms with E-state index in [1.54, 1.807) is 0 Å². The summed E-state index contributed by atoms with van der Waals surface area (Å²) in [7, 11) is 2.01. The zero-order chi connectivity index (χ0) is 13.2. The van der Waals surface area contributed by atoms with E-state index in [0.29, 0.717) is 6.04 Å². The fraction of sp³-hybridized carbons (Fsp3) is 0.667. The second kappa shape index (κ2) is 5.47. The van der Waals surface area contributed by atoms with E-state index in [1.165, 1.54) is 37.3 Å². The normalized spacial score (nSPS) is 25.4. The van der Waals surface area contributed by atoms with E-state index in [2.05, 4.69) is 33.1 Å². The van der Waals surface area contributed by atoms with E-state index in [4.69, 9.17) is 0 Å². The molecule has 2 aliphatic heterocycles. The van der Waals surface area contributed by atoms with E-state index in [0.717, 1.165) is 19.1 Å². The molecular weight excluding hydrogens is 236 g/mol. The van der Waals surface area contributed by atoms with Crippen molar-refractivity contribution in [2.45, 2.75) is 31.8 Å². The molecule has 2 fully saturated rings. The fourth-order valence-corrected chi connectivity index (χ4v) is 3.35. The van der Waals surface area contributed by atoms with Crippen LogP contribution in [0.15, 0.2) is 18.3 Å². The summed E-state index contributed by atoms with van der Waals surface area (Å²) < 4.78 is 0. The van der Waals surface area contributed by atoms with Crippen molar-refractivity contribution >= 4 is 5.82 Å². The van der Waals surface area contributed by atoms with Gasteiger partial charge in [0.05, 0.1) is 0 Å². The Kier molecular flexibility index (Phi) is 3.71. The van der Waals surface area contributed by atoms with Crippen molar-refractivity contribution in [1.29, 1.82) is 0 Å². The summed E-state index contributed by atoms with van der Waals surface area (Å²) in [6.07, 6.45) is 4.63.